The Bertz CT molecular complexity index is 713. The topological polar surface area (TPSA) is 86.3 Å². The first-order valence-corrected chi connectivity index (χ1v) is 7.88. The maximum absolute atomic E-state index is 11.2. The van der Waals surface area contributed by atoms with Crippen LogP contribution in [0.25, 0.3) is 0 Å². The van der Waals surface area contributed by atoms with Crippen molar-refractivity contribution >= 4 is 29.0 Å². The van der Waals surface area contributed by atoms with Crippen LogP contribution in [0.2, 0.25) is 0 Å². The average Bonchev–Trinajstić information content (AvgIpc) is 2.55. The van der Waals surface area contributed by atoms with Crippen molar-refractivity contribution in [3.8, 4) is 0 Å². The number of hydrogen-bond acceptors (Lipinski definition) is 7. The number of likely N-dealkylation sites (N-methyl/N-ethyl adjacent to an activating group) is 1. The van der Waals surface area contributed by atoms with Gasteiger partial charge in [0, 0.05) is 44.5 Å². The van der Waals surface area contributed by atoms with E-state index in [-0.39, 0.29) is 5.91 Å². The number of benzene rings is 1. The van der Waals surface area contributed by atoms with Crippen LogP contribution in [-0.2, 0) is 4.79 Å². The molecule has 0 atom stereocenters. The summed E-state index contributed by atoms with van der Waals surface area (Å²) in [6, 6.07) is 7.39. The Kier molecular flexibility index (Phi) is 4.85. The van der Waals surface area contributed by atoms with Crippen LogP contribution in [0, 0.1) is 0 Å². The van der Waals surface area contributed by atoms with Crippen molar-refractivity contribution in [3.05, 3.63) is 30.5 Å². The average molecular weight is 327 g/mol. The second-order valence-corrected chi connectivity index (χ2v) is 5.82. The van der Waals surface area contributed by atoms with E-state index in [4.69, 9.17) is 0 Å². The van der Waals surface area contributed by atoms with Gasteiger partial charge in [0.25, 0.3) is 0 Å². The number of nitrogens with zero attached hydrogens (tertiary/aromatic N) is 5. The van der Waals surface area contributed by atoms with Gasteiger partial charge in [0.15, 0.2) is 5.82 Å². The molecule has 0 saturated carbocycles. The Balaban J connectivity index is 1.71. The van der Waals surface area contributed by atoms with Crippen LogP contribution < -0.4 is 15.5 Å². The maximum atomic E-state index is 11.2. The van der Waals surface area contributed by atoms with Crippen LogP contribution in [-0.4, -0.2) is 59.2 Å². The van der Waals surface area contributed by atoms with Gasteiger partial charge < -0.3 is 20.4 Å². The van der Waals surface area contributed by atoms with E-state index in [0.29, 0.717) is 5.95 Å². The van der Waals surface area contributed by atoms with Gasteiger partial charge in [-0.1, -0.05) is 6.07 Å². The van der Waals surface area contributed by atoms with Crippen molar-refractivity contribution in [3.63, 3.8) is 0 Å². The van der Waals surface area contributed by atoms with Crippen molar-refractivity contribution in [2.24, 2.45) is 0 Å². The van der Waals surface area contributed by atoms with Gasteiger partial charge in [-0.05, 0) is 25.2 Å². The van der Waals surface area contributed by atoms with E-state index in [1.165, 1.54) is 6.92 Å². The molecule has 0 bridgehead atoms. The standard InChI is InChI=1S/C16H21N7O/c1-12(24)18-13-4-3-5-14(10-13)19-16-20-15(11-17-21-16)23-8-6-22(2)7-9-23/h3-5,10-11H,6-9H2,1-2H3,(H,18,24)(H,19,20,21). The SMILES string of the molecule is CC(=O)Nc1cccc(Nc2nncc(N3CCN(C)CC3)n2)c1. The van der Waals surface area contributed by atoms with Gasteiger partial charge in [0.05, 0.1) is 6.20 Å². The predicted molar refractivity (Wildman–Crippen MR) is 93.6 cm³/mol. The molecule has 0 unspecified atom stereocenters. The van der Waals surface area contributed by atoms with Crippen molar-refractivity contribution < 1.29 is 4.79 Å². The summed E-state index contributed by atoms with van der Waals surface area (Å²) in [4.78, 5) is 20.2. The first-order valence-electron chi connectivity index (χ1n) is 7.88. The van der Waals surface area contributed by atoms with Crippen molar-refractivity contribution in [2.75, 3.05) is 48.8 Å². The highest BCUT2D eigenvalue weighted by Gasteiger charge is 2.16. The minimum atomic E-state index is -0.109. The third-order valence-corrected chi connectivity index (χ3v) is 3.81. The van der Waals surface area contributed by atoms with E-state index < -0.39 is 0 Å². The molecule has 1 aliphatic heterocycles. The Morgan fingerprint density at radius 3 is 2.67 bits per heavy atom. The van der Waals surface area contributed by atoms with Gasteiger partial charge in [0.2, 0.25) is 11.9 Å². The van der Waals surface area contributed by atoms with E-state index in [1.807, 2.05) is 24.3 Å². The third-order valence-electron chi connectivity index (χ3n) is 3.81. The van der Waals surface area contributed by atoms with Gasteiger partial charge in [-0.25, -0.2) is 0 Å². The van der Waals surface area contributed by atoms with Crippen molar-refractivity contribution in [1.82, 2.24) is 20.1 Å². The number of piperazine rings is 1. The van der Waals surface area contributed by atoms with Crippen LogP contribution in [0.4, 0.5) is 23.1 Å². The summed E-state index contributed by atoms with van der Waals surface area (Å²) in [6.07, 6.45) is 1.68. The molecule has 126 valence electrons. The number of carbonyl (C=O) groups excluding carboxylic acids is 1. The molecule has 1 fully saturated rings. The zero-order valence-corrected chi connectivity index (χ0v) is 13.9. The van der Waals surface area contributed by atoms with Gasteiger partial charge in [-0.3, -0.25) is 4.79 Å². The summed E-state index contributed by atoms with van der Waals surface area (Å²) < 4.78 is 0. The summed E-state index contributed by atoms with van der Waals surface area (Å²) in [7, 11) is 2.12. The van der Waals surface area contributed by atoms with E-state index in [2.05, 4.69) is 42.7 Å². The second-order valence-electron chi connectivity index (χ2n) is 5.82. The number of amides is 1. The lowest BCUT2D eigenvalue weighted by molar-refractivity contribution is -0.114. The molecule has 0 aliphatic carbocycles. The molecule has 3 rings (SSSR count). The monoisotopic (exact) mass is 327 g/mol. The quantitative estimate of drug-likeness (QED) is 0.876. The zero-order chi connectivity index (χ0) is 16.9. The van der Waals surface area contributed by atoms with Crippen LogP contribution in [0.3, 0.4) is 0 Å². The molecule has 2 N–H and O–H groups in total. The highest BCUT2D eigenvalue weighted by Crippen LogP contribution is 2.19. The molecule has 2 aromatic rings. The number of carbonyl (C=O) groups is 1. The first kappa shape index (κ1) is 16.1. The summed E-state index contributed by atoms with van der Waals surface area (Å²) in [6.45, 7) is 5.34. The fraction of sp³-hybridized carbons (Fsp3) is 0.375. The van der Waals surface area contributed by atoms with Crippen molar-refractivity contribution in [1.29, 1.82) is 0 Å². The smallest absolute Gasteiger partial charge is 0.249 e. The summed E-state index contributed by atoms with van der Waals surface area (Å²) >= 11 is 0. The lowest BCUT2D eigenvalue weighted by atomic mass is 10.3. The summed E-state index contributed by atoms with van der Waals surface area (Å²) in [5, 5.41) is 14.0. The molecule has 1 aromatic heterocycles. The summed E-state index contributed by atoms with van der Waals surface area (Å²) in [5.41, 5.74) is 1.51. The molecule has 24 heavy (non-hydrogen) atoms. The molecule has 8 heteroatoms. The fourth-order valence-electron chi connectivity index (χ4n) is 2.54. The highest BCUT2D eigenvalue weighted by atomic mass is 16.1. The minimum absolute atomic E-state index is 0.109. The Labute approximate surface area is 140 Å². The van der Waals surface area contributed by atoms with Crippen LogP contribution in [0.5, 0.6) is 0 Å². The van der Waals surface area contributed by atoms with E-state index in [0.717, 1.165) is 43.4 Å². The number of hydrogen-bond donors (Lipinski definition) is 2. The molecule has 1 aliphatic rings. The number of aromatic nitrogens is 3. The molecule has 0 spiro atoms. The lowest BCUT2D eigenvalue weighted by Gasteiger charge is -2.32. The highest BCUT2D eigenvalue weighted by molar-refractivity contribution is 5.89. The lowest BCUT2D eigenvalue weighted by Crippen LogP contribution is -2.44. The van der Waals surface area contributed by atoms with Gasteiger partial charge in [0.1, 0.15) is 0 Å². The van der Waals surface area contributed by atoms with Crippen molar-refractivity contribution in [2.45, 2.75) is 6.92 Å². The number of nitrogens with one attached hydrogen (secondary N) is 2. The molecule has 0 radical (unpaired) electrons. The number of anilines is 4. The second kappa shape index (κ2) is 7.22. The van der Waals surface area contributed by atoms with Gasteiger partial charge >= 0.3 is 0 Å². The maximum Gasteiger partial charge on any atom is 0.249 e. The minimum Gasteiger partial charge on any atom is -0.353 e. The number of rotatable bonds is 4. The first-order chi connectivity index (χ1) is 11.6. The van der Waals surface area contributed by atoms with Gasteiger partial charge in [-0.2, -0.15) is 10.1 Å². The fourth-order valence-corrected chi connectivity index (χ4v) is 2.54. The molecule has 1 aromatic carbocycles. The third kappa shape index (κ3) is 4.17. The van der Waals surface area contributed by atoms with E-state index in [1.54, 1.807) is 6.20 Å². The largest absolute Gasteiger partial charge is 0.353 e. The van der Waals surface area contributed by atoms with Crippen LogP contribution in [0.15, 0.2) is 30.5 Å². The molecule has 8 nitrogen and oxygen atoms in total. The molecule has 1 amide bonds. The van der Waals surface area contributed by atoms with Gasteiger partial charge in [-0.15, -0.1) is 5.10 Å². The Morgan fingerprint density at radius 1 is 1.17 bits per heavy atom. The molecule has 2 heterocycles. The normalized spacial score (nSPS) is 15.2. The molecule has 1 saturated heterocycles. The van der Waals surface area contributed by atoms with E-state index in [9.17, 15) is 4.79 Å². The van der Waals surface area contributed by atoms with E-state index >= 15 is 0 Å². The Morgan fingerprint density at radius 2 is 1.92 bits per heavy atom. The van der Waals surface area contributed by atoms with Crippen LogP contribution >= 0.6 is 0 Å². The zero-order valence-electron chi connectivity index (χ0n) is 13.9. The summed E-state index contributed by atoms with van der Waals surface area (Å²) in [5.74, 6) is 1.15. The Hall–Kier alpha value is -2.74. The molecular weight excluding hydrogens is 306 g/mol. The predicted octanol–water partition coefficient (Wildman–Crippen LogP) is 1.33. The van der Waals surface area contributed by atoms with Crippen LogP contribution in [0.1, 0.15) is 6.92 Å². The molecular formula is C16H21N7O.